The Morgan fingerprint density at radius 3 is 2.45 bits per heavy atom. The van der Waals surface area contributed by atoms with Gasteiger partial charge < -0.3 is 9.47 Å². The third-order valence-electron chi connectivity index (χ3n) is 4.21. The number of hydrogen-bond acceptors (Lipinski definition) is 3. The van der Waals surface area contributed by atoms with Gasteiger partial charge in [-0.05, 0) is 48.6 Å². The average Bonchev–Trinajstić information content (AvgIpc) is 3.09. The molecule has 3 heteroatoms. The number of benzene rings is 2. The predicted molar refractivity (Wildman–Crippen MR) is 85.5 cm³/mol. The standard InChI is InChI=1S/C19H20O3/c1-21-19(20)17-12-11-15(14-7-5-6-8-14)13-18(17)22-16-9-3-2-4-10-16/h2-4,9-14H,5-8H2,1H3. The molecule has 0 heterocycles. The molecule has 3 nitrogen and oxygen atoms in total. The second-order valence-corrected chi connectivity index (χ2v) is 5.64. The first-order valence-corrected chi connectivity index (χ1v) is 7.73. The van der Waals surface area contributed by atoms with Gasteiger partial charge in [-0.2, -0.15) is 0 Å². The van der Waals surface area contributed by atoms with Gasteiger partial charge in [-0.25, -0.2) is 4.79 Å². The van der Waals surface area contributed by atoms with Crippen LogP contribution in [0.4, 0.5) is 0 Å². The van der Waals surface area contributed by atoms with Crippen molar-refractivity contribution in [2.45, 2.75) is 31.6 Å². The largest absolute Gasteiger partial charge is 0.465 e. The lowest BCUT2D eigenvalue weighted by Crippen LogP contribution is -2.05. The highest BCUT2D eigenvalue weighted by molar-refractivity contribution is 5.92. The Balaban J connectivity index is 1.95. The summed E-state index contributed by atoms with van der Waals surface area (Å²) in [7, 11) is 1.39. The van der Waals surface area contributed by atoms with Crippen LogP contribution >= 0.6 is 0 Å². The topological polar surface area (TPSA) is 35.5 Å². The van der Waals surface area contributed by atoms with Crippen molar-refractivity contribution in [3.05, 3.63) is 59.7 Å². The van der Waals surface area contributed by atoms with E-state index in [2.05, 4.69) is 0 Å². The molecule has 0 N–H and O–H groups in total. The lowest BCUT2D eigenvalue weighted by atomic mass is 9.96. The summed E-state index contributed by atoms with van der Waals surface area (Å²) >= 11 is 0. The molecule has 1 saturated carbocycles. The van der Waals surface area contributed by atoms with Crippen molar-refractivity contribution in [2.75, 3.05) is 7.11 Å². The molecule has 0 aromatic heterocycles. The van der Waals surface area contributed by atoms with Crippen LogP contribution in [0.2, 0.25) is 0 Å². The van der Waals surface area contributed by atoms with Crippen LogP contribution < -0.4 is 4.74 Å². The maximum atomic E-state index is 12.0. The Kier molecular flexibility index (Phi) is 4.42. The first kappa shape index (κ1) is 14.6. The van der Waals surface area contributed by atoms with Gasteiger partial charge in [0.1, 0.15) is 17.1 Å². The molecule has 0 bridgehead atoms. The third kappa shape index (κ3) is 3.14. The summed E-state index contributed by atoms with van der Waals surface area (Å²) in [5.41, 5.74) is 1.71. The van der Waals surface area contributed by atoms with Gasteiger partial charge in [0.2, 0.25) is 0 Å². The van der Waals surface area contributed by atoms with Gasteiger partial charge in [0.05, 0.1) is 7.11 Å². The summed E-state index contributed by atoms with van der Waals surface area (Å²) in [6.07, 6.45) is 4.97. The fourth-order valence-corrected chi connectivity index (χ4v) is 3.03. The van der Waals surface area contributed by atoms with Crippen molar-refractivity contribution >= 4 is 5.97 Å². The van der Waals surface area contributed by atoms with Crippen LogP contribution in [0.25, 0.3) is 0 Å². The Hall–Kier alpha value is -2.29. The lowest BCUT2D eigenvalue weighted by Gasteiger charge is -2.15. The average molecular weight is 296 g/mol. The number of carbonyl (C=O) groups is 1. The van der Waals surface area contributed by atoms with Crippen molar-refractivity contribution in [2.24, 2.45) is 0 Å². The Morgan fingerprint density at radius 2 is 1.77 bits per heavy atom. The van der Waals surface area contributed by atoms with E-state index in [-0.39, 0.29) is 5.97 Å². The number of carbonyl (C=O) groups excluding carboxylic acids is 1. The molecule has 1 aliphatic rings. The molecule has 1 aliphatic carbocycles. The summed E-state index contributed by atoms with van der Waals surface area (Å²) in [4.78, 5) is 12.0. The highest BCUT2D eigenvalue weighted by atomic mass is 16.5. The quantitative estimate of drug-likeness (QED) is 0.751. The van der Waals surface area contributed by atoms with Crippen molar-refractivity contribution in [1.29, 1.82) is 0 Å². The maximum Gasteiger partial charge on any atom is 0.341 e. The molecule has 0 spiro atoms. The van der Waals surface area contributed by atoms with Crippen molar-refractivity contribution in [3.8, 4) is 11.5 Å². The molecular weight excluding hydrogens is 276 g/mol. The molecule has 0 unspecified atom stereocenters. The maximum absolute atomic E-state index is 12.0. The van der Waals surface area contributed by atoms with E-state index in [1.54, 1.807) is 0 Å². The van der Waals surface area contributed by atoms with Crippen LogP contribution in [0.3, 0.4) is 0 Å². The normalized spacial score (nSPS) is 14.8. The zero-order valence-electron chi connectivity index (χ0n) is 12.7. The first-order valence-electron chi connectivity index (χ1n) is 7.73. The summed E-state index contributed by atoms with van der Waals surface area (Å²) in [5.74, 6) is 1.49. The molecule has 2 aromatic rings. The van der Waals surface area contributed by atoms with Crippen LogP contribution in [0.1, 0.15) is 47.5 Å². The zero-order chi connectivity index (χ0) is 15.4. The molecule has 1 fully saturated rings. The van der Waals surface area contributed by atoms with E-state index in [0.717, 1.165) is 5.75 Å². The minimum Gasteiger partial charge on any atom is -0.465 e. The van der Waals surface area contributed by atoms with Crippen LogP contribution in [0.5, 0.6) is 11.5 Å². The molecule has 22 heavy (non-hydrogen) atoms. The first-order chi connectivity index (χ1) is 10.8. The van der Waals surface area contributed by atoms with E-state index in [9.17, 15) is 4.79 Å². The van der Waals surface area contributed by atoms with Crippen molar-refractivity contribution in [3.63, 3.8) is 0 Å². The van der Waals surface area contributed by atoms with Gasteiger partial charge in [-0.1, -0.05) is 37.1 Å². The van der Waals surface area contributed by atoms with Crippen molar-refractivity contribution in [1.82, 2.24) is 0 Å². The van der Waals surface area contributed by atoms with Gasteiger partial charge in [0.25, 0.3) is 0 Å². The molecule has 114 valence electrons. The second kappa shape index (κ2) is 6.65. The molecular formula is C19H20O3. The molecule has 3 rings (SSSR count). The van der Waals surface area contributed by atoms with Gasteiger partial charge in [0.15, 0.2) is 0 Å². The smallest absolute Gasteiger partial charge is 0.341 e. The van der Waals surface area contributed by atoms with E-state index in [1.165, 1.54) is 38.4 Å². The van der Waals surface area contributed by atoms with E-state index in [1.807, 2.05) is 48.5 Å². The van der Waals surface area contributed by atoms with Crippen LogP contribution in [0.15, 0.2) is 48.5 Å². The van der Waals surface area contributed by atoms with Gasteiger partial charge >= 0.3 is 5.97 Å². The van der Waals surface area contributed by atoms with Crippen LogP contribution in [0, 0.1) is 0 Å². The Morgan fingerprint density at radius 1 is 1.05 bits per heavy atom. The summed E-state index contributed by atoms with van der Waals surface area (Å²) in [6, 6.07) is 15.4. The Bertz CT molecular complexity index is 643. The highest BCUT2D eigenvalue weighted by Gasteiger charge is 2.21. The monoisotopic (exact) mass is 296 g/mol. The van der Waals surface area contributed by atoms with Crippen molar-refractivity contribution < 1.29 is 14.3 Å². The number of methoxy groups -OCH3 is 1. The van der Waals surface area contributed by atoms with Gasteiger partial charge in [0, 0.05) is 0 Å². The molecule has 2 aromatic carbocycles. The molecule has 0 aliphatic heterocycles. The number of ether oxygens (including phenoxy) is 2. The fourth-order valence-electron chi connectivity index (χ4n) is 3.03. The van der Waals surface area contributed by atoms with Gasteiger partial charge in [-0.3, -0.25) is 0 Å². The Labute approximate surface area is 130 Å². The van der Waals surface area contributed by atoms with E-state index in [4.69, 9.17) is 9.47 Å². The van der Waals surface area contributed by atoms with Crippen LogP contribution in [-0.4, -0.2) is 13.1 Å². The summed E-state index contributed by atoms with van der Waals surface area (Å²) < 4.78 is 10.8. The minimum absolute atomic E-state index is 0.371. The summed E-state index contributed by atoms with van der Waals surface area (Å²) in [5, 5.41) is 0. The SMILES string of the molecule is COC(=O)c1ccc(C2CCCC2)cc1Oc1ccccc1. The number of esters is 1. The minimum atomic E-state index is -0.371. The number of rotatable bonds is 4. The molecule has 0 amide bonds. The van der Waals surface area contributed by atoms with E-state index in [0.29, 0.717) is 17.2 Å². The highest BCUT2D eigenvalue weighted by Crippen LogP contribution is 2.37. The lowest BCUT2D eigenvalue weighted by molar-refractivity contribution is 0.0598. The molecule has 0 radical (unpaired) electrons. The number of para-hydroxylation sites is 1. The van der Waals surface area contributed by atoms with Gasteiger partial charge in [-0.15, -0.1) is 0 Å². The fraction of sp³-hybridized carbons (Fsp3) is 0.316. The molecule has 0 saturated heterocycles. The summed E-state index contributed by atoms with van der Waals surface area (Å²) in [6.45, 7) is 0. The molecule has 0 atom stereocenters. The van der Waals surface area contributed by atoms with Crippen LogP contribution in [-0.2, 0) is 4.74 Å². The zero-order valence-corrected chi connectivity index (χ0v) is 12.7. The third-order valence-corrected chi connectivity index (χ3v) is 4.21. The number of hydrogen-bond donors (Lipinski definition) is 0. The second-order valence-electron chi connectivity index (χ2n) is 5.64. The predicted octanol–water partition coefficient (Wildman–Crippen LogP) is 4.92. The van der Waals surface area contributed by atoms with E-state index >= 15 is 0 Å². The van der Waals surface area contributed by atoms with E-state index < -0.39 is 0 Å².